The minimum Gasteiger partial charge on any atom is -0.359 e. The van der Waals surface area contributed by atoms with Crippen LogP contribution < -0.4 is 0 Å². The van der Waals surface area contributed by atoms with E-state index in [1.165, 1.54) is 16.9 Å². The predicted octanol–water partition coefficient (Wildman–Crippen LogP) is 3.42. The number of hydrogen-bond acceptors (Lipinski definition) is 3. The summed E-state index contributed by atoms with van der Waals surface area (Å²) in [5.41, 5.74) is 1.20. The lowest BCUT2D eigenvalue weighted by Gasteiger charge is -2.22. The summed E-state index contributed by atoms with van der Waals surface area (Å²) < 4.78 is 20.1. The Morgan fingerprint density at radius 1 is 1.35 bits per heavy atom. The van der Waals surface area contributed by atoms with Crippen LogP contribution in [-0.2, 0) is 15.1 Å². The highest BCUT2D eigenvalue weighted by Crippen LogP contribution is 2.70. The fourth-order valence-electron chi connectivity index (χ4n) is 1.67. The first-order valence-electron chi connectivity index (χ1n) is 5.65. The molecular formula is C12H18NO2PS. The lowest BCUT2D eigenvalue weighted by Crippen LogP contribution is -2.11. The number of ether oxygens (including phenoxy) is 1. The van der Waals surface area contributed by atoms with Crippen LogP contribution in [0.15, 0.2) is 30.3 Å². The third-order valence-corrected chi connectivity index (χ3v) is 9.05. The summed E-state index contributed by atoms with van der Waals surface area (Å²) in [6.45, 7) is -0.470. The Hall–Kier alpha value is -0.280. The van der Waals surface area contributed by atoms with Crippen LogP contribution >= 0.6 is 17.9 Å². The number of hydrogen-bond donors (Lipinski definition) is 0. The number of benzene rings is 1. The summed E-state index contributed by atoms with van der Waals surface area (Å²) >= 11 is 1.52. The molecule has 0 aromatic heterocycles. The minimum absolute atomic E-state index is 0.0915. The number of epoxide rings is 1. The molecule has 1 fully saturated rings. The molecule has 17 heavy (non-hydrogen) atoms. The molecule has 1 saturated heterocycles. The third kappa shape index (κ3) is 2.94. The van der Waals surface area contributed by atoms with E-state index >= 15 is 0 Å². The predicted molar refractivity (Wildman–Crippen MR) is 73.4 cm³/mol. The molecule has 0 saturated carbocycles. The van der Waals surface area contributed by atoms with E-state index < -0.39 is 6.49 Å². The molecular weight excluding hydrogens is 253 g/mol. The minimum atomic E-state index is -2.45. The summed E-state index contributed by atoms with van der Waals surface area (Å²) in [6, 6.07) is 10.1. The lowest BCUT2D eigenvalue weighted by atomic mass is 10.2. The SMILES string of the molecule is CC1O[C@H]1P(=O)(SCc1ccccc1)N(C)C. The van der Waals surface area contributed by atoms with Gasteiger partial charge in [-0.3, -0.25) is 4.57 Å². The zero-order chi connectivity index (χ0) is 12.5. The van der Waals surface area contributed by atoms with E-state index in [1.807, 2.05) is 43.9 Å². The molecule has 0 bridgehead atoms. The fourth-order valence-corrected chi connectivity index (χ4v) is 6.71. The molecule has 2 unspecified atom stereocenters. The molecule has 0 spiro atoms. The standard InChI is InChI=1S/C12H18NO2PS/c1-10-12(15-10)16(14,13(2)3)17-9-11-7-5-4-6-8-11/h4-8,10,12H,9H2,1-3H3/t10?,12-,16?/m0/s1. The van der Waals surface area contributed by atoms with Crippen molar-refractivity contribution in [1.29, 1.82) is 0 Å². The molecule has 0 aliphatic carbocycles. The van der Waals surface area contributed by atoms with Crippen molar-refractivity contribution in [3.8, 4) is 0 Å². The topological polar surface area (TPSA) is 32.8 Å². The number of rotatable bonds is 5. The molecule has 94 valence electrons. The average molecular weight is 271 g/mol. The van der Waals surface area contributed by atoms with Crippen molar-refractivity contribution in [2.24, 2.45) is 0 Å². The van der Waals surface area contributed by atoms with Crippen LogP contribution in [0.5, 0.6) is 0 Å². The third-order valence-electron chi connectivity index (χ3n) is 2.82. The summed E-state index contributed by atoms with van der Waals surface area (Å²) in [4.78, 5) is 0. The van der Waals surface area contributed by atoms with Gasteiger partial charge in [-0.15, -0.1) is 0 Å². The highest BCUT2D eigenvalue weighted by atomic mass is 32.7. The van der Waals surface area contributed by atoms with Gasteiger partial charge in [-0.1, -0.05) is 41.7 Å². The van der Waals surface area contributed by atoms with Gasteiger partial charge in [0.15, 0.2) is 5.85 Å². The molecule has 2 rings (SSSR count). The molecule has 0 radical (unpaired) electrons. The van der Waals surface area contributed by atoms with Gasteiger partial charge in [0.05, 0.1) is 6.10 Å². The maximum absolute atomic E-state index is 12.8. The van der Waals surface area contributed by atoms with Gasteiger partial charge in [-0.05, 0) is 26.6 Å². The zero-order valence-electron chi connectivity index (χ0n) is 10.4. The zero-order valence-corrected chi connectivity index (χ0v) is 12.1. The maximum Gasteiger partial charge on any atom is 0.233 e. The molecule has 1 heterocycles. The van der Waals surface area contributed by atoms with Gasteiger partial charge in [0, 0.05) is 5.75 Å². The highest BCUT2D eigenvalue weighted by Gasteiger charge is 2.51. The van der Waals surface area contributed by atoms with Gasteiger partial charge in [-0.25, -0.2) is 4.67 Å². The van der Waals surface area contributed by atoms with E-state index in [0.717, 1.165) is 5.75 Å². The van der Waals surface area contributed by atoms with E-state index in [4.69, 9.17) is 4.74 Å². The Labute approximate surface area is 107 Å². The van der Waals surface area contributed by atoms with Gasteiger partial charge in [0.2, 0.25) is 6.49 Å². The molecule has 1 aromatic carbocycles. The van der Waals surface area contributed by atoms with Crippen molar-refractivity contribution in [2.75, 3.05) is 14.1 Å². The highest BCUT2D eigenvalue weighted by molar-refractivity contribution is 8.57. The van der Waals surface area contributed by atoms with Gasteiger partial charge in [0.1, 0.15) is 0 Å². The van der Waals surface area contributed by atoms with Crippen LogP contribution in [0.2, 0.25) is 0 Å². The molecule has 3 nitrogen and oxygen atoms in total. The molecule has 3 atom stereocenters. The van der Waals surface area contributed by atoms with Crippen LogP contribution in [0.4, 0.5) is 0 Å². The largest absolute Gasteiger partial charge is 0.359 e. The van der Waals surface area contributed by atoms with Gasteiger partial charge >= 0.3 is 0 Å². The van der Waals surface area contributed by atoms with E-state index in [9.17, 15) is 4.57 Å². The van der Waals surface area contributed by atoms with Gasteiger partial charge < -0.3 is 4.74 Å². The molecule has 1 aromatic rings. The summed E-state index contributed by atoms with van der Waals surface area (Å²) in [7, 11) is 3.74. The normalized spacial score (nSPS) is 26.8. The number of nitrogens with zero attached hydrogens (tertiary/aromatic N) is 1. The molecule has 0 amide bonds. The van der Waals surface area contributed by atoms with Crippen molar-refractivity contribution >= 4 is 17.9 Å². The Morgan fingerprint density at radius 2 is 1.94 bits per heavy atom. The van der Waals surface area contributed by atoms with E-state index in [2.05, 4.69) is 12.1 Å². The first-order chi connectivity index (χ1) is 8.04. The van der Waals surface area contributed by atoms with Crippen LogP contribution in [0.3, 0.4) is 0 Å². The average Bonchev–Trinajstić information content (AvgIpc) is 3.05. The van der Waals surface area contributed by atoms with Gasteiger partial charge in [-0.2, -0.15) is 0 Å². The maximum atomic E-state index is 12.8. The second kappa shape index (κ2) is 5.15. The quantitative estimate of drug-likeness (QED) is 0.607. The van der Waals surface area contributed by atoms with Gasteiger partial charge in [0.25, 0.3) is 0 Å². The smallest absolute Gasteiger partial charge is 0.233 e. The Morgan fingerprint density at radius 3 is 2.41 bits per heavy atom. The van der Waals surface area contributed by atoms with E-state index in [1.54, 1.807) is 0 Å². The summed E-state index contributed by atoms with van der Waals surface area (Å²) in [6.07, 6.45) is 0.131. The van der Waals surface area contributed by atoms with Crippen molar-refractivity contribution in [3.63, 3.8) is 0 Å². The summed E-state index contributed by atoms with van der Waals surface area (Å²) in [5, 5.41) is 0. The first kappa shape index (κ1) is 13.2. The Balaban J connectivity index is 2.02. The molecule has 1 aliphatic heterocycles. The summed E-state index contributed by atoms with van der Waals surface area (Å²) in [5.74, 6) is 0.675. The second-order valence-corrected chi connectivity index (χ2v) is 9.73. The Bertz CT molecular complexity index is 424. The molecule has 5 heteroatoms. The molecule has 1 aliphatic rings. The van der Waals surface area contributed by atoms with Crippen molar-refractivity contribution < 1.29 is 9.30 Å². The van der Waals surface area contributed by atoms with Crippen molar-refractivity contribution in [1.82, 2.24) is 4.67 Å². The van der Waals surface area contributed by atoms with Crippen LogP contribution in [-0.4, -0.2) is 30.7 Å². The molecule has 0 N–H and O–H groups in total. The van der Waals surface area contributed by atoms with Crippen LogP contribution in [0.1, 0.15) is 12.5 Å². The van der Waals surface area contributed by atoms with E-state index in [0.29, 0.717) is 0 Å². The van der Waals surface area contributed by atoms with Crippen LogP contribution in [0.25, 0.3) is 0 Å². The van der Waals surface area contributed by atoms with Crippen molar-refractivity contribution in [2.45, 2.75) is 24.6 Å². The first-order valence-corrected chi connectivity index (χ1v) is 8.97. The fraction of sp³-hybridized carbons (Fsp3) is 0.500. The second-order valence-electron chi connectivity index (χ2n) is 4.40. The Kier molecular flexibility index (Phi) is 3.99. The van der Waals surface area contributed by atoms with Crippen LogP contribution in [0, 0.1) is 0 Å². The lowest BCUT2D eigenvalue weighted by molar-refractivity contribution is 0.400. The van der Waals surface area contributed by atoms with Crippen molar-refractivity contribution in [3.05, 3.63) is 35.9 Å². The monoisotopic (exact) mass is 271 g/mol. The van der Waals surface area contributed by atoms with E-state index in [-0.39, 0.29) is 11.9 Å².